The fourth-order valence-electron chi connectivity index (χ4n) is 3.84. The minimum Gasteiger partial charge on any atom is -0.507 e. The van der Waals surface area contributed by atoms with Crippen molar-refractivity contribution in [3.8, 4) is 17.2 Å². The average molecular weight is 397 g/mol. The molecule has 0 radical (unpaired) electrons. The van der Waals surface area contributed by atoms with Crippen LogP contribution in [-0.4, -0.2) is 60.3 Å². The highest BCUT2D eigenvalue weighted by molar-refractivity contribution is 5.93. The lowest BCUT2D eigenvalue weighted by Crippen LogP contribution is -2.48. The molecule has 0 aromatic heterocycles. The van der Waals surface area contributed by atoms with Crippen molar-refractivity contribution in [1.29, 1.82) is 0 Å². The second-order valence-corrected chi connectivity index (χ2v) is 7.70. The number of benzene rings is 2. The van der Waals surface area contributed by atoms with Gasteiger partial charge in [0.05, 0.1) is 6.54 Å². The summed E-state index contributed by atoms with van der Waals surface area (Å²) in [4.78, 5) is 16.9. The van der Waals surface area contributed by atoms with Gasteiger partial charge in [-0.2, -0.15) is 0 Å². The van der Waals surface area contributed by atoms with E-state index in [0.29, 0.717) is 24.6 Å². The van der Waals surface area contributed by atoms with Crippen molar-refractivity contribution >= 4 is 11.6 Å². The Morgan fingerprint density at radius 1 is 1.03 bits per heavy atom. The van der Waals surface area contributed by atoms with Gasteiger partial charge in [0.1, 0.15) is 5.75 Å². The molecule has 0 bridgehead atoms. The number of ether oxygens (including phenoxy) is 2. The van der Waals surface area contributed by atoms with Crippen LogP contribution in [0.15, 0.2) is 30.3 Å². The highest BCUT2D eigenvalue weighted by Crippen LogP contribution is 2.38. The second-order valence-electron chi connectivity index (χ2n) is 7.70. The number of carbonyl (C=O) groups is 1. The number of aromatic hydroxyl groups is 1. The minimum absolute atomic E-state index is 0.0178. The summed E-state index contributed by atoms with van der Waals surface area (Å²) in [5, 5.41) is 13.3. The topological polar surface area (TPSA) is 74.3 Å². The monoisotopic (exact) mass is 397 g/mol. The van der Waals surface area contributed by atoms with Crippen LogP contribution < -0.4 is 14.8 Å². The van der Waals surface area contributed by atoms with Crippen molar-refractivity contribution in [3.63, 3.8) is 0 Å². The lowest BCUT2D eigenvalue weighted by Gasteiger charge is -2.34. The zero-order valence-corrected chi connectivity index (χ0v) is 16.9. The largest absolute Gasteiger partial charge is 0.507 e. The number of rotatable bonds is 5. The van der Waals surface area contributed by atoms with Gasteiger partial charge >= 0.3 is 0 Å². The Morgan fingerprint density at radius 3 is 2.34 bits per heavy atom. The predicted molar refractivity (Wildman–Crippen MR) is 110 cm³/mol. The molecule has 2 N–H and O–H groups in total. The van der Waals surface area contributed by atoms with Gasteiger partial charge in [-0.05, 0) is 31.0 Å². The zero-order valence-electron chi connectivity index (χ0n) is 16.9. The van der Waals surface area contributed by atoms with Crippen molar-refractivity contribution in [3.05, 3.63) is 47.0 Å². The van der Waals surface area contributed by atoms with Crippen LogP contribution in [-0.2, 0) is 11.3 Å². The van der Waals surface area contributed by atoms with Gasteiger partial charge < -0.3 is 19.9 Å². The molecule has 7 heteroatoms. The van der Waals surface area contributed by atoms with Crippen molar-refractivity contribution < 1.29 is 19.4 Å². The van der Waals surface area contributed by atoms with Crippen LogP contribution in [0.5, 0.6) is 17.2 Å². The molecule has 1 saturated heterocycles. The number of nitrogens with zero attached hydrogens (tertiary/aromatic N) is 2. The van der Waals surface area contributed by atoms with Crippen molar-refractivity contribution in [2.24, 2.45) is 0 Å². The molecule has 2 heterocycles. The highest BCUT2D eigenvalue weighted by atomic mass is 16.7. The van der Waals surface area contributed by atoms with Crippen molar-refractivity contribution in [2.45, 2.75) is 20.4 Å². The quantitative estimate of drug-likeness (QED) is 0.808. The van der Waals surface area contributed by atoms with E-state index in [1.54, 1.807) is 6.07 Å². The summed E-state index contributed by atoms with van der Waals surface area (Å²) in [5.74, 6) is 1.51. The molecule has 0 spiro atoms. The Morgan fingerprint density at radius 2 is 1.66 bits per heavy atom. The van der Waals surface area contributed by atoms with Gasteiger partial charge in [0.25, 0.3) is 0 Å². The van der Waals surface area contributed by atoms with E-state index in [-0.39, 0.29) is 18.4 Å². The van der Waals surface area contributed by atoms with E-state index < -0.39 is 0 Å². The molecule has 29 heavy (non-hydrogen) atoms. The lowest BCUT2D eigenvalue weighted by molar-refractivity contribution is -0.117. The fourth-order valence-corrected chi connectivity index (χ4v) is 3.84. The first kappa shape index (κ1) is 19.5. The number of anilines is 1. The maximum atomic E-state index is 12.5. The molecule has 1 fully saturated rings. The summed E-state index contributed by atoms with van der Waals surface area (Å²) in [6, 6.07) is 9.48. The molecule has 0 saturated carbocycles. The number of nitrogens with one attached hydrogen (secondary N) is 1. The van der Waals surface area contributed by atoms with Gasteiger partial charge in [-0.25, -0.2) is 0 Å². The first-order valence-electron chi connectivity index (χ1n) is 9.92. The third-order valence-electron chi connectivity index (χ3n) is 5.55. The smallest absolute Gasteiger partial charge is 0.238 e. The van der Waals surface area contributed by atoms with Gasteiger partial charge in [-0.1, -0.05) is 18.2 Å². The lowest BCUT2D eigenvalue weighted by atomic mass is 10.1. The average Bonchev–Trinajstić information content (AvgIpc) is 3.14. The Hall–Kier alpha value is -2.77. The van der Waals surface area contributed by atoms with Crippen molar-refractivity contribution in [1.82, 2.24) is 9.80 Å². The van der Waals surface area contributed by atoms with Crippen LogP contribution in [0.4, 0.5) is 5.69 Å². The van der Waals surface area contributed by atoms with E-state index in [1.165, 1.54) is 0 Å². The molecule has 4 rings (SSSR count). The molecule has 0 unspecified atom stereocenters. The van der Waals surface area contributed by atoms with E-state index in [1.807, 2.05) is 38.1 Å². The summed E-state index contributed by atoms with van der Waals surface area (Å²) in [7, 11) is 0. The normalized spacial score (nSPS) is 16.8. The zero-order chi connectivity index (χ0) is 20.4. The van der Waals surface area contributed by atoms with E-state index >= 15 is 0 Å². The van der Waals surface area contributed by atoms with Crippen molar-refractivity contribution in [2.75, 3.05) is 44.8 Å². The predicted octanol–water partition coefficient (Wildman–Crippen LogP) is 2.49. The number of hydrogen-bond acceptors (Lipinski definition) is 6. The van der Waals surface area contributed by atoms with Gasteiger partial charge in [0, 0.05) is 50.0 Å². The molecule has 2 aliphatic heterocycles. The number of aryl methyl sites for hydroxylation is 2. The first-order chi connectivity index (χ1) is 14.0. The van der Waals surface area contributed by atoms with Crippen LogP contribution >= 0.6 is 0 Å². The molecule has 2 aliphatic rings. The minimum atomic E-state index is 0.0178. The summed E-state index contributed by atoms with van der Waals surface area (Å²) in [6.07, 6.45) is 0. The molecule has 1 amide bonds. The van der Waals surface area contributed by atoms with Crippen LogP contribution in [0.1, 0.15) is 16.7 Å². The number of phenols is 1. The van der Waals surface area contributed by atoms with Crippen LogP contribution in [0.25, 0.3) is 0 Å². The van der Waals surface area contributed by atoms with E-state index in [9.17, 15) is 9.90 Å². The van der Waals surface area contributed by atoms with E-state index in [2.05, 4.69) is 15.1 Å². The Bertz CT molecular complexity index is 887. The summed E-state index contributed by atoms with van der Waals surface area (Å²) >= 11 is 0. The van der Waals surface area contributed by atoms with Crippen LogP contribution in [0.2, 0.25) is 0 Å². The SMILES string of the molecule is Cc1cccc(C)c1NC(=O)CN1CCN(Cc2cc3c(cc2O)OCO3)CC1. The molecular weight excluding hydrogens is 370 g/mol. The summed E-state index contributed by atoms with van der Waals surface area (Å²) in [6.45, 7) is 8.54. The molecule has 0 aliphatic carbocycles. The molecule has 0 atom stereocenters. The highest BCUT2D eigenvalue weighted by Gasteiger charge is 2.22. The fraction of sp³-hybridized carbons (Fsp3) is 0.409. The van der Waals surface area contributed by atoms with Gasteiger partial charge in [-0.15, -0.1) is 0 Å². The standard InChI is InChI=1S/C22H27N3O4/c1-15-4-3-5-16(2)22(15)23-21(27)13-25-8-6-24(7-9-25)12-17-10-19-20(11-18(17)26)29-14-28-19/h3-5,10-11,26H,6-9,12-14H2,1-2H3,(H,23,27). The number of para-hydroxylation sites is 1. The Kier molecular flexibility index (Phi) is 5.60. The van der Waals surface area contributed by atoms with Crippen LogP contribution in [0, 0.1) is 13.8 Å². The summed E-state index contributed by atoms with van der Waals surface area (Å²) in [5.41, 5.74) is 3.89. The van der Waals surface area contributed by atoms with Gasteiger partial charge in [0.2, 0.25) is 12.7 Å². The number of carbonyl (C=O) groups excluding carboxylic acids is 1. The number of hydrogen-bond donors (Lipinski definition) is 2. The third kappa shape index (κ3) is 4.46. The molecule has 2 aromatic rings. The maximum Gasteiger partial charge on any atom is 0.238 e. The van der Waals surface area contributed by atoms with E-state index in [0.717, 1.165) is 48.6 Å². The number of piperazine rings is 1. The summed E-state index contributed by atoms with van der Waals surface area (Å²) < 4.78 is 10.7. The number of fused-ring (bicyclic) bond motifs is 1. The maximum absolute atomic E-state index is 12.5. The molecule has 154 valence electrons. The Labute approximate surface area is 170 Å². The molecule has 2 aromatic carbocycles. The third-order valence-corrected chi connectivity index (χ3v) is 5.55. The van der Waals surface area contributed by atoms with Gasteiger partial charge in [-0.3, -0.25) is 14.6 Å². The second kappa shape index (κ2) is 8.31. The first-order valence-corrected chi connectivity index (χ1v) is 9.92. The molecular formula is C22H27N3O4. The Balaban J connectivity index is 1.28. The molecule has 7 nitrogen and oxygen atoms in total. The number of phenolic OH excluding ortho intramolecular Hbond substituents is 1. The van der Waals surface area contributed by atoms with Crippen LogP contribution in [0.3, 0.4) is 0 Å². The van der Waals surface area contributed by atoms with E-state index in [4.69, 9.17) is 9.47 Å². The van der Waals surface area contributed by atoms with Gasteiger partial charge in [0.15, 0.2) is 11.5 Å². The number of amides is 1.